The Balaban J connectivity index is 1.88. The minimum absolute atomic E-state index is 0.0689. The number of carbonyl (C=O) groups excluding carboxylic acids is 2. The number of hydrogen-bond donors (Lipinski definition) is 0. The largest absolute Gasteiger partial charge is 0.465 e. The van der Waals surface area contributed by atoms with Crippen molar-refractivity contribution in [3.8, 4) is 5.75 Å². The molecule has 0 aromatic heterocycles. The molecule has 0 unspecified atom stereocenters. The van der Waals surface area contributed by atoms with E-state index in [0.717, 1.165) is 5.56 Å². The highest BCUT2D eigenvalue weighted by molar-refractivity contribution is 5.69. The van der Waals surface area contributed by atoms with Gasteiger partial charge in [0.25, 0.3) is 0 Å². The summed E-state index contributed by atoms with van der Waals surface area (Å²) in [5, 5.41) is 0. The molecular formula is C22H28O5. The van der Waals surface area contributed by atoms with E-state index in [1.54, 1.807) is 12.1 Å². The molecule has 5 atom stereocenters. The van der Waals surface area contributed by atoms with Gasteiger partial charge in [-0.3, -0.25) is 9.59 Å². The van der Waals surface area contributed by atoms with Gasteiger partial charge < -0.3 is 14.2 Å². The minimum Gasteiger partial charge on any atom is -0.465 e. The second-order valence-corrected chi connectivity index (χ2v) is 7.92. The molecule has 1 aromatic rings. The summed E-state index contributed by atoms with van der Waals surface area (Å²) in [7, 11) is 0. The number of rotatable bonds is 4. The summed E-state index contributed by atoms with van der Waals surface area (Å²) in [4.78, 5) is 22.5. The molecule has 5 nitrogen and oxygen atoms in total. The van der Waals surface area contributed by atoms with Crippen molar-refractivity contribution in [2.45, 2.75) is 40.7 Å². The molecule has 1 aliphatic heterocycles. The van der Waals surface area contributed by atoms with Gasteiger partial charge in [0.2, 0.25) is 0 Å². The second kappa shape index (κ2) is 7.47. The fraction of sp³-hybridized carbons (Fsp3) is 0.545. The van der Waals surface area contributed by atoms with Gasteiger partial charge >= 0.3 is 11.9 Å². The monoisotopic (exact) mass is 372 g/mol. The lowest BCUT2D eigenvalue weighted by molar-refractivity contribution is -0.180. The minimum atomic E-state index is -0.333. The molecule has 146 valence electrons. The van der Waals surface area contributed by atoms with Gasteiger partial charge in [0, 0.05) is 25.2 Å². The molecule has 1 aromatic carbocycles. The van der Waals surface area contributed by atoms with Crippen LogP contribution in [0.4, 0.5) is 0 Å². The first-order valence-corrected chi connectivity index (χ1v) is 9.46. The lowest BCUT2D eigenvalue weighted by Crippen LogP contribution is -2.54. The lowest BCUT2D eigenvalue weighted by Gasteiger charge is -2.55. The Hall–Kier alpha value is -2.14. The van der Waals surface area contributed by atoms with Crippen molar-refractivity contribution in [1.29, 1.82) is 0 Å². The van der Waals surface area contributed by atoms with Crippen LogP contribution in [0.15, 0.2) is 35.9 Å². The summed E-state index contributed by atoms with van der Waals surface area (Å²) in [6.45, 7) is 10.3. The van der Waals surface area contributed by atoms with Gasteiger partial charge in [-0.05, 0) is 36.5 Å². The average molecular weight is 372 g/mol. The third-order valence-corrected chi connectivity index (χ3v) is 6.26. The molecule has 0 radical (unpaired) electrons. The number of hydrogen-bond acceptors (Lipinski definition) is 5. The molecule has 5 heteroatoms. The van der Waals surface area contributed by atoms with Crippen LogP contribution in [0.1, 0.15) is 46.3 Å². The van der Waals surface area contributed by atoms with Crippen LogP contribution in [0.25, 0.3) is 0 Å². The summed E-state index contributed by atoms with van der Waals surface area (Å²) in [6.07, 6.45) is 2.23. The summed E-state index contributed by atoms with van der Waals surface area (Å²) in [6, 6.07) is 7.52. The number of fused-ring (bicyclic) bond motifs is 2. The second-order valence-electron chi connectivity index (χ2n) is 7.92. The summed E-state index contributed by atoms with van der Waals surface area (Å²) in [5.74, 6) is 0.739. The van der Waals surface area contributed by atoms with Crippen LogP contribution >= 0.6 is 0 Å². The predicted molar refractivity (Wildman–Crippen MR) is 101 cm³/mol. The Morgan fingerprint density at radius 2 is 1.81 bits per heavy atom. The first kappa shape index (κ1) is 19.6. The van der Waals surface area contributed by atoms with Gasteiger partial charge in [0.1, 0.15) is 5.75 Å². The standard InChI is InChI=1S/C22H28O5/c1-13-10-14(2)22(11-25-16(4)23)12-26-21(20(13)15(22)3)18-6-8-19(9-7-18)27-17(5)24/h6-10,14-15,20-21H,11-12H2,1-5H3/t14-,15-,20+,21-,22-/m1/s1. The van der Waals surface area contributed by atoms with Crippen molar-refractivity contribution in [3.05, 3.63) is 41.5 Å². The van der Waals surface area contributed by atoms with Gasteiger partial charge in [0.05, 0.1) is 19.3 Å². The van der Waals surface area contributed by atoms with Crippen molar-refractivity contribution < 1.29 is 23.8 Å². The van der Waals surface area contributed by atoms with E-state index in [9.17, 15) is 9.59 Å². The highest BCUT2D eigenvalue weighted by atomic mass is 16.5. The smallest absolute Gasteiger partial charge is 0.308 e. The van der Waals surface area contributed by atoms with Gasteiger partial charge in [-0.25, -0.2) is 0 Å². The number of benzene rings is 1. The van der Waals surface area contributed by atoms with E-state index in [4.69, 9.17) is 14.2 Å². The van der Waals surface area contributed by atoms with E-state index in [1.165, 1.54) is 19.4 Å². The zero-order chi connectivity index (χ0) is 19.8. The zero-order valence-corrected chi connectivity index (χ0v) is 16.7. The van der Waals surface area contributed by atoms with Gasteiger partial charge in [-0.15, -0.1) is 0 Å². The quantitative estimate of drug-likeness (QED) is 0.453. The van der Waals surface area contributed by atoms with Crippen LogP contribution < -0.4 is 4.74 Å². The maximum Gasteiger partial charge on any atom is 0.308 e. The molecule has 0 amide bonds. The molecule has 1 saturated heterocycles. The molecule has 0 saturated carbocycles. The summed E-state index contributed by atoms with van der Waals surface area (Å²) >= 11 is 0. The van der Waals surface area contributed by atoms with Crippen molar-refractivity contribution >= 4 is 11.9 Å². The van der Waals surface area contributed by atoms with Gasteiger partial charge in [0.15, 0.2) is 0 Å². The van der Waals surface area contributed by atoms with Crippen LogP contribution in [0.2, 0.25) is 0 Å². The van der Waals surface area contributed by atoms with E-state index in [-0.39, 0.29) is 35.3 Å². The molecule has 0 spiro atoms. The normalized spacial score (nSPS) is 32.4. The maximum absolute atomic E-state index is 11.4. The first-order valence-electron chi connectivity index (χ1n) is 9.46. The number of carbonyl (C=O) groups is 2. The first-order chi connectivity index (χ1) is 12.7. The molecule has 2 aliphatic rings. The lowest BCUT2D eigenvalue weighted by atomic mass is 9.56. The third kappa shape index (κ3) is 3.65. The van der Waals surface area contributed by atoms with Gasteiger partial charge in [-0.1, -0.05) is 37.6 Å². The molecule has 3 rings (SSSR count). The van der Waals surface area contributed by atoms with Crippen LogP contribution in [0.3, 0.4) is 0 Å². The summed E-state index contributed by atoms with van der Waals surface area (Å²) in [5.41, 5.74) is 2.16. The zero-order valence-electron chi connectivity index (χ0n) is 16.7. The number of allylic oxidation sites excluding steroid dienone is 1. The van der Waals surface area contributed by atoms with Crippen LogP contribution in [0.5, 0.6) is 5.75 Å². The fourth-order valence-electron chi connectivity index (χ4n) is 4.69. The molecule has 2 bridgehead atoms. The molecule has 0 N–H and O–H groups in total. The summed E-state index contributed by atoms with van der Waals surface area (Å²) < 4.78 is 16.9. The van der Waals surface area contributed by atoms with E-state index in [2.05, 4.69) is 26.8 Å². The van der Waals surface area contributed by atoms with Crippen molar-refractivity contribution in [1.82, 2.24) is 0 Å². The molecular weight excluding hydrogens is 344 g/mol. The Morgan fingerprint density at radius 1 is 1.15 bits per heavy atom. The maximum atomic E-state index is 11.4. The van der Waals surface area contributed by atoms with Crippen molar-refractivity contribution in [2.75, 3.05) is 13.2 Å². The Bertz CT molecular complexity index is 750. The van der Waals surface area contributed by atoms with Gasteiger partial charge in [-0.2, -0.15) is 0 Å². The van der Waals surface area contributed by atoms with E-state index in [0.29, 0.717) is 24.9 Å². The third-order valence-electron chi connectivity index (χ3n) is 6.26. The molecule has 27 heavy (non-hydrogen) atoms. The van der Waals surface area contributed by atoms with Crippen LogP contribution in [-0.4, -0.2) is 25.2 Å². The average Bonchev–Trinajstić information content (AvgIpc) is 2.59. The SMILES string of the molecule is CC(=O)OC[C@@]12CO[C@H](c3ccc(OC(C)=O)cc3)[C@@H](C(C)=C[C@H]1C)[C@H]2C. The predicted octanol–water partition coefficient (Wildman–Crippen LogP) is 4.08. The topological polar surface area (TPSA) is 61.8 Å². The highest BCUT2D eigenvalue weighted by Crippen LogP contribution is 2.56. The number of ether oxygens (including phenoxy) is 3. The van der Waals surface area contributed by atoms with Crippen LogP contribution in [0, 0.1) is 23.2 Å². The Morgan fingerprint density at radius 3 is 2.41 bits per heavy atom. The molecule has 1 heterocycles. The Labute approximate surface area is 160 Å². The molecule has 1 fully saturated rings. The fourth-order valence-corrected chi connectivity index (χ4v) is 4.69. The van der Waals surface area contributed by atoms with Crippen LogP contribution in [-0.2, 0) is 19.1 Å². The molecule has 1 aliphatic carbocycles. The van der Waals surface area contributed by atoms with E-state index < -0.39 is 0 Å². The van der Waals surface area contributed by atoms with E-state index >= 15 is 0 Å². The van der Waals surface area contributed by atoms with Crippen molar-refractivity contribution in [2.24, 2.45) is 23.2 Å². The van der Waals surface area contributed by atoms with Crippen molar-refractivity contribution in [3.63, 3.8) is 0 Å². The highest BCUT2D eigenvalue weighted by Gasteiger charge is 2.54. The number of esters is 2. The van der Waals surface area contributed by atoms with E-state index in [1.807, 2.05) is 12.1 Å². The Kier molecular flexibility index (Phi) is 5.43.